The number of likely N-dealkylation sites (tertiary alicyclic amines) is 1. The number of nitrogens with one attached hydrogen (secondary N) is 2. The van der Waals surface area contributed by atoms with Crippen molar-refractivity contribution in [1.29, 1.82) is 0 Å². The van der Waals surface area contributed by atoms with Crippen LogP contribution < -0.4 is 10.6 Å². The monoisotopic (exact) mass is 413 g/mol. The van der Waals surface area contributed by atoms with Crippen molar-refractivity contribution in [2.45, 2.75) is 45.2 Å². The Hall–Kier alpha value is -2.37. The Morgan fingerprint density at radius 1 is 1.07 bits per heavy atom. The molecule has 1 fully saturated rings. The zero-order chi connectivity index (χ0) is 20.6. The van der Waals surface area contributed by atoms with Crippen molar-refractivity contribution < 1.29 is 9.59 Å². The molecule has 1 aliphatic heterocycles. The van der Waals surface area contributed by atoms with Crippen LogP contribution in [0.5, 0.6) is 0 Å². The molecule has 6 heteroatoms. The average molecular weight is 414 g/mol. The predicted molar refractivity (Wildman–Crippen MR) is 117 cm³/mol. The van der Waals surface area contributed by atoms with Crippen molar-refractivity contribution in [2.75, 3.05) is 18.4 Å². The number of piperidine rings is 1. The van der Waals surface area contributed by atoms with Gasteiger partial charge in [-0.2, -0.15) is 0 Å². The van der Waals surface area contributed by atoms with Gasteiger partial charge >= 0.3 is 0 Å². The number of amides is 2. The molecule has 0 spiro atoms. The summed E-state index contributed by atoms with van der Waals surface area (Å²) >= 11 is 5.82. The number of hydrogen-bond donors (Lipinski definition) is 2. The molecule has 1 atom stereocenters. The van der Waals surface area contributed by atoms with Crippen molar-refractivity contribution in [3.8, 4) is 0 Å². The number of anilines is 1. The number of benzene rings is 2. The molecule has 0 radical (unpaired) electrons. The molecule has 2 N–H and O–H groups in total. The van der Waals surface area contributed by atoms with Crippen LogP contribution in [0.3, 0.4) is 0 Å². The first-order chi connectivity index (χ1) is 14.0. The van der Waals surface area contributed by atoms with Gasteiger partial charge in [0.1, 0.15) is 0 Å². The Morgan fingerprint density at radius 2 is 1.79 bits per heavy atom. The van der Waals surface area contributed by atoms with Gasteiger partial charge in [0.25, 0.3) is 5.91 Å². The van der Waals surface area contributed by atoms with Crippen molar-refractivity contribution in [3.63, 3.8) is 0 Å². The van der Waals surface area contributed by atoms with Crippen LogP contribution in [0, 0.1) is 0 Å². The van der Waals surface area contributed by atoms with E-state index in [4.69, 9.17) is 11.6 Å². The molecular weight excluding hydrogens is 386 g/mol. The predicted octanol–water partition coefficient (Wildman–Crippen LogP) is 4.47. The van der Waals surface area contributed by atoms with Gasteiger partial charge in [0, 0.05) is 41.8 Å². The quantitative estimate of drug-likeness (QED) is 0.703. The standard InChI is InChI=1S/C23H28ClN3O2/c1-17-4-2-3-15-27(17)16-18-5-11-21(12-6-18)26-22(28)13-14-25-23(29)19-7-9-20(24)10-8-19/h5-12,17H,2-4,13-16H2,1H3,(H,25,29)(H,26,28). The Morgan fingerprint density at radius 3 is 2.48 bits per heavy atom. The van der Waals surface area contributed by atoms with Gasteiger partial charge in [0.2, 0.25) is 5.91 Å². The minimum absolute atomic E-state index is 0.126. The second-order valence-electron chi connectivity index (χ2n) is 7.57. The summed E-state index contributed by atoms with van der Waals surface area (Å²) in [5.41, 5.74) is 2.55. The van der Waals surface area contributed by atoms with E-state index in [9.17, 15) is 9.59 Å². The molecule has 154 valence electrons. The number of rotatable bonds is 7. The third-order valence-corrected chi connectivity index (χ3v) is 5.56. The highest BCUT2D eigenvalue weighted by molar-refractivity contribution is 6.30. The highest BCUT2D eigenvalue weighted by Gasteiger charge is 2.18. The third kappa shape index (κ3) is 6.58. The molecule has 2 amide bonds. The van der Waals surface area contributed by atoms with Crippen LogP contribution >= 0.6 is 11.6 Å². The van der Waals surface area contributed by atoms with E-state index in [1.807, 2.05) is 12.1 Å². The van der Waals surface area contributed by atoms with E-state index in [-0.39, 0.29) is 24.8 Å². The Bertz CT molecular complexity index is 821. The third-order valence-electron chi connectivity index (χ3n) is 5.31. The molecule has 0 saturated carbocycles. The number of halogens is 1. The summed E-state index contributed by atoms with van der Waals surface area (Å²) < 4.78 is 0. The van der Waals surface area contributed by atoms with Crippen LogP contribution in [-0.2, 0) is 11.3 Å². The fourth-order valence-electron chi connectivity index (χ4n) is 3.54. The molecule has 1 aliphatic rings. The van der Waals surface area contributed by atoms with E-state index in [0.717, 1.165) is 18.8 Å². The number of carbonyl (C=O) groups excluding carboxylic acids is 2. The second-order valence-corrected chi connectivity index (χ2v) is 8.01. The zero-order valence-corrected chi connectivity index (χ0v) is 17.5. The Balaban J connectivity index is 1.41. The molecule has 3 rings (SSSR count). The SMILES string of the molecule is CC1CCCCN1Cc1ccc(NC(=O)CCNC(=O)c2ccc(Cl)cc2)cc1. The summed E-state index contributed by atoms with van der Waals surface area (Å²) in [7, 11) is 0. The van der Waals surface area contributed by atoms with E-state index in [0.29, 0.717) is 16.6 Å². The molecule has 0 bridgehead atoms. The number of hydrogen-bond acceptors (Lipinski definition) is 3. The van der Waals surface area contributed by atoms with Gasteiger partial charge in [-0.3, -0.25) is 14.5 Å². The van der Waals surface area contributed by atoms with Gasteiger partial charge in [-0.15, -0.1) is 0 Å². The van der Waals surface area contributed by atoms with E-state index >= 15 is 0 Å². The van der Waals surface area contributed by atoms with E-state index in [1.165, 1.54) is 24.8 Å². The van der Waals surface area contributed by atoms with Gasteiger partial charge in [0.05, 0.1) is 0 Å². The lowest BCUT2D eigenvalue weighted by atomic mass is 10.0. The first kappa shape index (κ1) is 21.3. The molecule has 2 aromatic rings. The highest BCUT2D eigenvalue weighted by Crippen LogP contribution is 2.20. The number of nitrogens with zero attached hydrogens (tertiary/aromatic N) is 1. The summed E-state index contributed by atoms with van der Waals surface area (Å²) in [6, 6.07) is 15.3. The van der Waals surface area contributed by atoms with Crippen molar-refractivity contribution in [1.82, 2.24) is 10.2 Å². The van der Waals surface area contributed by atoms with Crippen LogP contribution in [0.25, 0.3) is 0 Å². The lowest BCUT2D eigenvalue weighted by Crippen LogP contribution is -2.36. The van der Waals surface area contributed by atoms with Crippen molar-refractivity contribution >= 4 is 29.1 Å². The van der Waals surface area contributed by atoms with E-state index in [1.54, 1.807) is 24.3 Å². The maximum atomic E-state index is 12.1. The van der Waals surface area contributed by atoms with Crippen molar-refractivity contribution in [2.24, 2.45) is 0 Å². The van der Waals surface area contributed by atoms with Crippen LogP contribution in [0.15, 0.2) is 48.5 Å². The zero-order valence-electron chi connectivity index (χ0n) is 16.8. The Kier molecular flexibility index (Phi) is 7.67. The number of carbonyl (C=O) groups is 2. The largest absolute Gasteiger partial charge is 0.352 e. The minimum Gasteiger partial charge on any atom is -0.352 e. The van der Waals surface area contributed by atoms with E-state index in [2.05, 4.69) is 34.6 Å². The highest BCUT2D eigenvalue weighted by atomic mass is 35.5. The lowest BCUT2D eigenvalue weighted by Gasteiger charge is -2.33. The van der Waals surface area contributed by atoms with Gasteiger partial charge < -0.3 is 10.6 Å². The average Bonchev–Trinajstić information content (AvgIpc) is 2.71. The molecule has 1 heterocycles. The molecule has 0 aliphatic carbocycles. The summed E-state index contributed by atoms with van der Waals surface area (Å²) in [5, 5.41) is 6.21. The normalized spacial score (nSPS) is 17.0. The topological polar surface area (TPSA) is 61.4 Å². The summed E-state index contributed by atoms with van der Waals surface area (Å²) in [5.74, 6) is -0.343. The van der Waals surface area contributed by atoms with Gasteiger partial charge in [-0.05, 0) is 68.3 Å². The minimum atomic E-state index is -0.217. The smallest absolute Gasteiger partial charge is 0.251 e. The molecule has 29 heavy (non-hydrogen) atoms. The van der Waals surface area contributed by atoms with Gasteiger partial charge in [0.15, 0.2) is 0 Å². The summed E-state index contributed by atoms with van der Waals surface area (Å²) in [6.07, 6.45) is 4.07. The first-order valence-corrected chi connectivity index (χ1v) is 10.6. The molecular formula is C23H28ClN3O2. The summed E-state index contributed by atoms with van der Waals surface area (Å²) in [4.78, 5) is 26.7. The molecule has 1 saturated heterocycles. The van der Waals surface area contributed by atoms with Crippen LogP contribution in [0.1, 0.15) is 48.5 Å². The Labute approximate surface area is 177 Å². The molecule has 0 aromatic heterocycles. The fraction of sp³-hybridized carbons (Fsp3) is 0.391. The second kappa shape index (κ2) is 10.4. The van der Waals surface area contributed by atoms with Gasteiger partial charge in [-0.1, -0.05) is 30.2 Å². The first-order valence-electron chi connectivity index (χ1n) is 10.2. The van der Waals surface area contributed by atoms with Crippen LogP contribution in [0.4, 0.5) is 5.69 Å². The molecule has 2 aromatic carbocycles. The van der Waals surface area contributed by atoms with Crippen LogP contribution in [-0.4, -0.2) is 35.8 Å². The summed E-state index contributed by atoms with van der Waals surface area (Å²) in [6.45, 7) is 4.67. The van der Waals surface area contributed by atoms with Gasteiger partial charge in [-0.25, -0.2) is 0 Å². The van der Waals surface area contributed by atoms with E-state index < -0.39 is 0 Å². The lowest BCUT2D eigenvalue weighted by molar-refractivity contribution is -0.116. The fourth-order valence-corrected chi connectivity index (χ4v) is 3.66. The maximum Gasteiger partial charge on any atom is 0.251 e. The van der Waals surface area contributed by atoms with Crippen LogP contribution in [0.2, 0.25) is 5.02 Å². The molecule has 5 nitrogen and oxygen atoms in total. The van der Waals surface area contributed by atoms with Crippen molar-refractivity contribution in [3.05, 3.63) is 64.7 Å². The maximum absolute atomic E-state index is 12.1. The molecule has 1 unspecified atom stereocenters.